The Balaban J connectivity index is 0.00000256. The number of carbonyl (C=O) groups excluding carboxylic acids is 1. The number of rotatable bonds is 5. The van der Waals surface area contributed by atoms with Crippen LogP contribution in [-0.2, 0) is 22.4 Å². The first-order valence-electron chi connectivity index (χ1n) is 9.00. The Kier molecular flexibility index (Phi) is 6.73. The van der Waals surface area contributed by atoms with Crippen LogP contribution in [0, 0.1) is 0 Å². The average molecular weight is 493 g/mol. The van der Waals surface area contributed by atoms with E-state index in [1.807, 2.05) is 49.3 Å². The molecule has 0 saturated carbocycles. The fraction of sp³-hybridized carbons (Fsp3) is 0.0952. The molecule has 0 aliphatic rings. The fourth-order valence-corrected chi connectivity index (χ4v) is 2.74. The molecule has 30 heavy (non-hydrogen) atoms. The zero-order valence-corrected chi connectivity index (χ0v) is 17.8. The molecule has 3 aromatic carbocycles. The molecule has 0 bridgehead atoms. The molecular formula is C21H19AgN7O. The number of fused-ring (bicyclic) bond motifs is 1. The maximum atomic E-state index is 12.5. The van der Waals surface area contributed by atoms with Gasteiger partial charge in [0.25, 0.3) is 5.91 Å². The van der Waals surface area contributed by atoms with Crippen LogP contribution in [0.3, 0.4) is 0 Å². The van der Waals surface area contributed by atoms with Crippen LogP contribution < -0.4 is 10.2 Å². The molecule has 0 aliphatic heterocycles. The number of nitrogens with zero attached hydrogens (tertiary/aromatic N) is 5. The van der Waals surface area contributed by atoms with Crippen LogP contribution in [0.1, 0.15) is 10.4 Å². The van der Waals surface area contributed by atoms with Crippen LogP contribution >= 0.6 is 0 Å². The Morgan fingerprint density at radius 3 is 2.20 bits per heavy atom. The van der Waals surface area contributed by atoms with E-state index >= 15 is 0 Å². The summed E-state index contributed by atoms with van der Waals surface area (Å²) in [5.41, 5.74) is 5.22. The maximum Gasteiger partial charge on any atom is 0.255 e. The van der Waals surface area contributed by atoms with E-state index in [1.165, 1.54) is 0 Å². The molecule has 2 N–H and O–H groups in total. The predicted octanol–water partition coefficient (Wildman–Crippen LogP) is 4.69. The van der Waals surface area contributed by atoms with E-state index in [-0.39, 0.29) is 28.3 Å². The van der Waals surface area contributed by atoms with Gasteiger partial charge in [0.15, 0.2) is 0 Å². The van der Waals surface area contributed by atoms with Gasteiger partial charge in [0.2, 0.25) is 0 Å². The van der Waals surface area contributed by atoms with Gasteiger partial charge in [-0.25, -0.2) is 0 Å². The zero-order valence-electron chi connectivity index (χ0n) is 16.3. The third-order valence-corrected chi connectivity index (χ3v) is 4.36. The molecule has 0 unspecified atom stereocenters. The first kappa shape index (κ1) is 21.4. The molecule has 1 heterocycles. The number of benzene rings is 3. The van der Waals surface area contributed by atoms with Crippen molar-refractivity contribution in [2.45, 2.75) is 0 Å². The van der Waals surface area contributed by atoms with E-state index < -0.39 is 0 Å². The molecule has 0 spiro atoms. The Morgan fingerprint density at radius 1 is 0.933 bits per heavy atom. The number of anilines is 2. The quantitative estimate of drug-likeness (QED) is 0.311. The van der Waals surface area contributed by atoms with Crippen molar-refractivity contribution in [3.05, 3.63) is 72.3 Å². The van der Waals surface area contributed by atoms with Crippen LogP contribution in [0.4, 0.5) is 22.7 Å². The summed E-state index contributed by atoms with van der Waals surface area (Å²) in [6.45, 7) is 0. The number of nitrogens with one attached hydrogen (secondary N) is 2. The number of carbonyl (C=O) groups is 1. The van der Waals surface area contributed by atoms with Crippen molar-refractivity contribution in [1.82, 2.24) is 15.4 Å². The topological polar surface area (TPSA) is 98.6 Å². The number of hydrogen-bond donors (Lipinski definition) is 2. The van der Waals surface area contributed by atoms with Crippen LogP contribution in [0.5, 0.6) is 0 Å². The SMILES string of the molecule is CN(C)c1ccc(/N=N/c2ccc(C(=O)Nc3ccc4[nH]nnc4c3)cc2)cc1.[Ag]. The summed E-state index contributed by atoms with van der Waals surface area (Å²) in [6.07, 6.45) is 0. The molecule has 1 aromatic heterocycles. The fourth-order valence-electron chi connectivity index (χ4n) is 2.74. The summed E-state index contributed by atoms with van der Waals surface area (Å²) in [7, 11) is 3.97. The molecule has 4 rings (SSSR count). The summed E-state index contributed by atoms with van der Waals surface area (Å²) in [4.78, 5) is 14.5. The summed E-state index contributed by atoms with van der Waals surface area (Å²) in [5.74, 6) is -0.212. The Morgan fingerprint density at radius 2 is 1.57 bits per heavy atom. The number of azo groups is 1. The van der Waals surface area contributed by atoms with E-state index in [9.17, 15) is 4.79 Å². The third-order valence-electron chi connectivity index (χ3n) is 4.36. The Hall–Kier alpha value is -3.33. The van der Waals surface area contributed by atoms with Crippen molar-refractivity contribution in [3.63, 3.8) is 0 Å². The largest absolute Gasteiger partial charge is 0.378 e. The molecular weight excluding hydrogens is 474 g/mol. The molecule has 1 radical (unpaired) electrons. The molecule has 0 fully saturated rings. The normalized spacial score (nSPS) is 10.7. The van der Waals surface area contributed by atoms with E-state index in [4.69, 9.17) is 0 Å². The van der Waals surface area contributed by atoms with E-state index in [1.54, 1.807) is 36.4 Å². The average Bonchev–Trinajstić information content (AvgIpc) is 3.21. The van der Waals surface area contributed by atoms with Gasteiger partial charge in [0, 0.05) is 53.4 Å². The molecule has 1 amide bonds. The van der Waals surface area contributed by atoms with Gasteiger partial charge in [-0.3, -0.25) is 9.89 Å². The second-order valence-electron chi connectivity index (χ2n) is 6.66. The minimum Gasteiger partial charge on any atom is -0.378 e. The van der Waals surface area contributed by atoms with Crippen molar-refractivity contribution in [2.75, 3.05) is 24.3 Å². The Labute approximate surface area is 188 Å². The molecule has 0 atom stereocenters. The van der Waals surface area contributed by atoms with Crippen LogP contribution in [0.25, 0.3) is 11.0 Å². The third kappa shape index (κ3) is 4.98. The van der Waals surface area contributed by atoms with Gasteiger partial charge >= 0.3 is 0 Å². The van der Waals surface area contributed by atoms with E-state index in [0.717, 1.165) is 16.9 Å². The molecule has 4 aromatic rings. The smallest absolute Gasteiger partial charge is 0.255 e. The minimum absolute atomic E-state index is 0. The summed E-state index contributed by atoms with van der Waals surface area (Å²) in [6, 6.07) is 20.1. The van der Waals surface area contributed by atoms with Gasteiger partial charge in [-0.15, -0.1) is 5.10 Å². The van der Waals surface area contributed by atoms with Crippen LogP contribution in [0.15, 0.2) is 77.0 Å². The predicted molar refractivity (Wildman–Crippen MR) is 113 cm³/mol. The molecule has 0 aliphatic carbocycles. The number of aromatic amines is 1. The van der Waals surface area contributed by atoms with Gasteiger partial charge in [-0.1, -0.05) is 5.21 Å². The zero-order chi connectivity index (χ0) is 20.2. The summed E-state index contributed by atoms with van der Waals surface area (Å²) in [5, 5.41) is 21.8. The number of hydrogen-bond acceptors (Lipinski definition) is 6. The molecule has 9 heteroatoms. The van der Waals surface area contributed by atoms with Crippen molar-refractivity contribution in [2.24, 2.45) is 10.2 Å². The van der Waals surface area contributed by atoms with Crippen LogP contribution in [0.2, 0.25) is 0 Å². The maximum absolute atomic E-state index is 12.5. The number of H-pyrrole nitrogens is 1. The summed E-state index contributed by atoms with van der Waals surface area (Å²) < 4.78 is 0. The first-order valence-corrected chi connectivity index (χ1v) is 9.00. The Bertz CT molecular complexity index is 1170. The van der Waals surface area contributed by atoms with Gasteiger partial charge in [0.1, 0.15) is 5.52 Å². The second-order valence-corrected chi connectivity index (χ2v) is 6.66. The van der Waals surface area contributed by atoms with Crippen molar-refractivity contribution in [3.8, 4) is 0 Å². The monoisotopic (exact) mass is 492 g/mol. The van der Waals surface area contributed by atoms with Gasteiger partial charge in [-0.2, -0.15) is 10.2 Å². The van der Waals surface area contributed by atoms with E-state index in [0.29, 0.717) is 22.5 Å². The van der Waals surface area contributed by atoms with Crippen molar-refractivity contribution in [1.29, 1.82) is 0 Å². The van der Waals surface area contributed by atoms with Gasteiger partial charge in [0.05, 0.1) is 16.9 Å². The molecule has 8 nitrogen and oxygen atoms in total. The van der Waals surface area contributed by atoms with Crippen molar-refractivity contribution < 1.29 is 27.2 Å². The standard InChI is InChI=1S/C21H19N7O.Ag/c1-28(2)18-10-7-16(8-11-18)24-23-15-5-3-14(4-6-15)21(29)22-17-9-12-19-20(13-17)26-27-25-19;/h3-13H,1-2H3,(H,22,29)(H,25,26,27);/b24-23+;. The number of aromatic nitrogens is 3. The first-order chi connectivity index (χ1) is 14.1. The molecule has 0 saturated heterocycles. The number of amides is 1. The van der Waals surface area contributed by atoms with Gasteiger partial charge < -0.3 is 10.2 Å². The summed E-state index contributed by atoms with van der Waals surface area (Å²) >= 11 is 0. The van der Waals surface area contributed by atoms with E-state index in [2.05, 4.69) is 31.0 Å². The van der Waals surface area contributed by atoms with Crippen LogP contribution in [-0.4, -0.2) is 35.4 Å². The molecule has 155 valence electrons. The minimum atomic E-state index is -0.212. The second kappa shape index (κ2) is 9.45. The van der Waals surface area contributed by atoms with Crippen molar-refractivity contribution >= 4 is 39.7 Å². The van der Waals surface area contributed by atoms with Gasteiger partial charge in [-0.05, 0) is 66.7 Å².